The highest BCUT2D eigenvalue weighted by molar-refractivity contribution is 6.58. The van der Waals surface area contributed by atoms with Crippen molar-refractivity contribution in [3.8, 4) is 0 Å². The first-order chi connectivity index (χ1) is 5.63. The molecule has 0 spiro atoms. The summed E-state index contributed by atoms with van der Waals surface area (Å²) in [6, 6.07) is 0. The zero-order valence-electron chi connectivity index (χ0n) is 7.10. The Balaban J connectivity index is 3.09. The van der Waals surface area contributed by atoms with E-state index in [1.165, 1.54) is 6.33 Å². The molecule has 0 aliphatic carbocycles. The Morgan fingerprint density at radius 3 is 2.50 bits per heavy atom. The van der Waals surface area contributed by atoms with Gasteiger partial charge in [-0.25, -0.2) is 9.97 Å². The highest BCUT2D eigenvalue weighted by Crippen LogP contribution is 2.08. The Bertz CT molecular complexity index is 238. The van der Waals surface area contributed by atoms with Gasteiger partial charge in [-0.1, -0.05) is 13.8 Å². The molecule has 4 nitrogen and oxygen atoms in total. The highest BCUT2D eigenvalue weighted by atomic mass is 16.4. The fourth-order valence-corrected chi connectivity index (χ4v) is 1.01. The monoisotopic (exact) mass is 166 g/mol. The largest absolute Gasteiger partial charge is 0.508 e. The van der Waals surface area contributed by atoms with Gasteiger partial charge in [-0.05, 0) is 11.5 Å². The molecule has 0 unspecified atom stereocenters. The van der Waals surface area contributed by atoms with E-state index in [2.05, 4.69) is 9.97 Å². The van der Waals surface area contributed by atoms with E-state index in [9.17, 15) is 0 Å². The molecule has 5 heteroatoms. The Kier molecular flexibility index (Phi) is 2.78. The summed E-state index contributed by atoms with van der Waals surface area (Å²) in [4.78, 5) is 7.60. The minimum atomic E-state index is -1.51. The third-order valence-corrected chi connectivity index (χ3v) is 1.64. The Morgan fingerprint density at radius 1 is 1.42 bits per heavy atom. The number of aromatic nitrogens is 2. The van der Waals surface area contributed by atoms with E-state index in [0.29, 0.717) is 5.59 Å². The molecule has 0 saturated carbocycles. The summed E-state index contributed by atoms with van der Waals surface area (Å²) >= 11 is 0. The maximum absolute atomic E-state index is 8.92. The summed E-state index contributed by atoms with van der Waals surface area (Å²) in [6.45, 7) is 3.90. The van der Waals surface area contributed by atoms with Crippen LogP contribution in [0.5, 0.6) is 0 Å². The topological polar surface area (TPSA) is 66.2 Å². The van der Waals surface area contributed by atoms with Crippen LogP contribution >= 0.6 is 0 Å². The molecule has 0 atom stereocenters. The van der Waals surface area contributed by atoms with E-state index in [1.807, 2.05) is 13.8 Å². The van der Waals surface area contributed by atoms with Crippen LogP contribution < -0.4 is 5.59 Å². The van der Waals surface area contributed by atoms with Crippen molar-refractivity contribution in [2.24, 2.45) is 0 Å². The maximum atomic E-state index is 8.92. The van der Waals surface area contributed by atoms with E-state index >= 15 is 0 Å². The van der Waals surface area contributed by atoms with Gasteiger partial charge in [0.05, 0.1) is 5.59 Å². The minimum Gasteiger partial charge on any atom is -0.422 e. The predicted molar refractivity (Wildman–Crippen MR) is 45.9 cm³/mol. The van der Waals surface area contributed by atoms with Crippen molar-refractivity contribution in [3.63, 3.8) is 0 Å². The average molecular weight is 166 g/mol. The first kappa shape index (κ1) is 9.16. The molecule has 2 N–H and O–H groups in total. The van der Waals surface area contributed by atoms with Gasteiger partial charge >= 0.3 is 7.12 Å². The Hall–Kier alpha value is -0.935. The highest BCUT2D eigenvalue weighted by Gasteiger charge is 2.19. The smallest absolute Gasteiger partial charge is 0.422 e. The molecular formula is C7H11BN2O2. The second-order valence-corrected chi connectivity index (χ2v) is 2.89. The first-order valence-corrected chi connectivity index (χ1v) is 3.79. The number of nitrogens with zero attached hydrogens (tertiary/aromatic N) is 2. The van der Waals surface area contributed by atoms with Crippen molar-refractivity contribution in [2.45, 2.75) is 19.8 Å². The first-order valence-electron chi connectivity index (χ1n) is 3.79. The van der Waals surface area contributed by atoms with Gasteiger partial charge in [-0.15, -0.1) is 0 Å². The molecule has 0 aromatic carbocycles. The molecule has 0 aliphatic heterocycles. The zero-order chi connectivity index (χ0) is 9.14. The summed E-state index contributed by atoms with van der Waals surface area (Å²) in [7, 11) is -1.51. The lowest BCUT2D eigenvalue weighted by molar-refractivity contribution is 0.423. The number of rotatable bonds is 2. The third kappa shape index (κ3) is 1.81. The standard InChI is InChI=1S/C7H11BN2O2/c1-5(2)6-3-9-4-10-7(6)8(11)12/h3-5,11-12H,1-2H3. The van der Waals surface area contributed by atoms with Crippen LogP contribution in [-0.4, -0.2) is 27.1 Å². The molecule has 0 saturated heterocycles. The van der Waals surface area contributed by atoms with Crippen LogP contribution in [0.1, 0.15) is 25.3 Å². The molecule has 0 aliphatic rings. The third-order valence-electron chi connectivity index (χ3n) is 1.64. The maximum Gasteiger partial charge on any atom is 0.508 e. The van der Waals surface area contributed by atoms with Gasteiger partial charge in [0.1, 0.15) is 6.33 Å². The van der Waals surface area contributed by atoms with Crippen molar-refractivity contribution < 1.29 is 10.0 Å². The van der Waals surface area contributed by atoms with E-state index < -0.39 is 7.12 Å². The van der Waals surface area contributed by atoms with Crippen LogP contribution in [-0.2, 0) is 0 Å². The molecule has 0 amide bonds. The molecule has 1 rings (SSSR count). The molecule has 64 valence electrons. The fraction of sp³-hybridized carbons (Fsp3) is 0.429. The van der Waals surface area contributed by atoms with Crippen LogP contribution in [0.25, 0.3) is 0 Å². The minimum absolute atomic E-state index is 0.197. The van der Waals surface area contributed by atoms with Gasteiger partial charge in [-0.2, -0.15) is 0 Å². The van der Waals surface area contributed by atoms with Crippen LogP contribution in [0.2, 0.25) is 0 Å². The van der Waals surface area contributed by atoms with Crippen molar-refractivity contribution in [1.29, 1.82) is 0 Å². The van der Waals surface area contributed by atoms with Gasteiger partial charge in [0, 0.05) is 6.20 Å². The molecule has 1 aromatic heterocycles. The summed E-state index contributed by atoms with van der Waals surface area (Å²) in [5.41, 5.74) is 1.06. The normalized spacial score (nSPS) is 10.4. The lowest BCUT2D eigenvalue weighted by Gasteiger charge is -2.08. The van der Waals surface area contributed by atoms with Crippen molar-refractivity contribution in [2.75, 3.05) is 0 Å². The lowest BCUT2D eigenvalue weighted by Crippen LogP contribution is -2.36. The van der Waals surface area contributed by atoms with Gasteiger partial charge in [-0.3, -0.25) is 0 Å². The molecule has 0 radical (unpaired) electrons. The summed E-state index contributed by atoms with van der Waals surface area (Å²) in [6.07, 6.45) is 2.91. The summed E-state index contributed by atoms with van der Waals surface area (Å²) in [5, 5.41) is 17.8. The van der Waals surface area contributed by atoms with E-state index in [-0.39, 0.29) is 5.92 Å². The van der Waals surface area contributed by atoms with Crippen molar-refractivity contribution in [1.82, 2.24) is 9.97 Å². The predicted octanol–water partition coefficient (Wildman–Crippen LogP) is -0.720. The molecule has 1 heterocycles. The molecule has 0 bridgehead atoms. The van der Waals surface area contributed by atoms with Gasteiger partial charge < -0.3 is 10.0 Å². The van der Waals surface area contributed by atoms with Gasteiger partial charge in [0.2, 0.25) is 0 Å². The second kappa shape index (κ2) is 3.64. The van der Waals surface area contributed by atoms with E-state index in [4.69, 9.17) is 10.0 Å². The van der Waals surface area contributed by atoms with Crippen LogP contribution in [0, 0.1) is 0 Å². The molecule has 1 aromatic rings. The molecule has 12 heavy (non-hydrogen) atoms. The summed E-state index contributed by atoms with van der Waals surface area (Å²) in [5.74, 6) is 0.197. The fourth-order valence-electron chi connectivity index (χ4n) is 1.01. The SMILES string of the molecule is CC(C)c1cncnc1B(O)O. The van der Waals surface area contributed by atoms with E-state index in [0.717, 1.165) is 5.56 Å². The van der Waals surface area contributed by atoms with Gasteiger partial charge in [0.25, 0.3) is 0 Å². The van der Waals surface area contributed by atoms with Crippen molar-refractivity contribution >= 4 is 12.7 Å². The Labute approximate surface area is 71.4 Å². The van der Waals surface area contributed by atoms with Gasteiger partial charge in [0.15, 0.2) is 0 Å². The molecular weight excluding hydrogens is 155 g/mol. The average Bonchev–Trinajstić information content (AvgIpc) is 2.04. The zero-order valence-corrected chi connectivity index (χ0v) is 7.10. The lowest BCUT2D eigenvalue weighted by atomic mass is 9.80. The number of hydrogen-bond donors (Lipinski definition) is 2. The van der Waals surface area contributed by atoms with Crippen LogP contribution in [0.4, 0.5) is 0 Å². The Morgan fingerprint density at radius 2 is 2.08 bits per heavy atom. The van der Waals surface area contributed by atoms with E-state index in [1.54, 1.807) is 6.20 Å². The summed E-state index contributed by atoms with van der Waals surface area (Å²) < 4.78 is 0. The van der Waals surface area contributed by atoms with Crippen LogP contribution in [0.3, 0.4) is 0 Å². The van der Waals surface area contributed by atoms with Crippen LogP contribution in [0.15, 0.2) is 12.5 Å². The molecule has 0 fully saturated rings. The second-order valence-electron chi connectivity index (χ2n) is 2.89. The van der Waals surface area contributed by atoms with Crippen molar-refractivity contribution in [3.05, 3.63) is 18.1 Å². The number of hydrogen-bond acceptors (Lipinski definition) is 4. The quantitative estimate of drug-likeness (QED) is 0.569.